The highest BCUT2D eigenvalue weighted by Gasteiger charge is 2.14. The zero-order valence-electron chi connectivity index (χ0n) is 14.7. The van der Waals surface area contributed by atoms with Crippen LogP contribution >= 0.6 is 0 Å². The lowest BCUT2D eigenvalue weighted by Gasteiger charge is -2.07. The minimum absolute atomic E-state index is 0.299. The monoisotopic (exact) mass is 358 g/mol. The highest BCUT2D eigenvalue weighted by Crippen LogP contribution is 2.33. The number of urea groups is 1. The van der Waals surface area contributed by atoms with Gasteiger partial charge in [0.25, 0.3) is 0 Å². The first-order chi connectivity index (χ1) is 13.2. The molecule has 0 unspecified atom stereocenters. The summed E-state index contributed by atoms with van der Waals surface area (Å²) in [5, 5.41) is 5.42. The van der Waals surface area contributed by atoms with Crippen LogP contribution in [0.4, 0.5) is 10.7 Å². The number of benzene rings is 1. The summed E-state index contributed by atoms with van der Waals surface area (Å²) in [7, 11) is 0. The number of imidazole rings is 1. The minimum Gasteiger partial charge on any atom is -0.338 e. The third-order valence-electron chi connectivity index (χ3n) is 4.12. The Morgan fingerprint density at radius 3 is 2.44 bits per heavy atom. The highest BCUT2D eigenvalue weighted by molar-refractivity contribution is 5.98. The number of aromatic nitrogens is 4. The molecule has 0 atom stereocenters. The molecule has 0 bridgehead atoms. The molecule has 2 amide bonds. The third-order valence-corrected chi connectivity index (χ3v) is 4.12. The fourth-order valence-electron chi connectivity index (χ4n) is 2.93. The van der Waals surface area contributed by atoms with Crippen LogP contribution in [0, 0.1) is 0 Å². The molecule has 3 heterocycles. The first-order valence-electron chi connectivity index (χ1n) is 8.64. The van der Waals surface area contributed by atoms with Gasteiger partial charge in [-0.05, 0) is 36.8 Å². The molecule has 7 heteroatoms. The van der Waals surface area contributed by atoms with E-state index in [1.165, 1.54) is 0 Å². The molecular formula is C20H18N6O. The molecule has 3 aromatic heterocycles. The fourth-order valence-corrected chi connectivity index (χ4v) is 2.93. The summed E-state index contributed by atoms with van der Waals surface area (Å²) >= 11 is 0. The topological polar surface area (TPSA) is 95.6 Å². The molecule has 4 aromatic rings. The predicted octanol–water partition coefficient (Wildman–Crippen LogP) is 3.83. The molecule has 0 fully saturated rings. The number of aromatic amines is 1. The summed E-state index contributed by atoms with van der Waals surface area (Å²) in [6.07, 6.45) is 7.10. The van der Waals surface area contributed by atoms with E-state index in [9.17, 15) is 4.79 Å². The van der Waals surface area contributed by atoms with E-state index in [1.807, 2.05) is 43.5 Å². The van der Waals surface area contributed by atoms with Crippen LogP contribution in [-0.2, 0) is 0 Å². The lowest BCUT2D eigenvalue weighted by molar-refractivity contribution is 0.252. The molecule has 0 aliphatic rings. The molecule has 0 saturated heterocycles. The van der Waals surface area contributed by atoms with Gasteiger partial charge in [0.15, 0.2) is 0 Å². The number of rotatable bonds is 4. The van der Waals surface area contributed by atoms with Crippen molar-refractivity contribution in [3.8, 4) is 22.3 Å². The molecule has 3 N–H and O–H groups in total. The van der Waals surface area contributed by atoms with Gasteiger partial charge in [-0.1, -0.05) is 12.1 Å². The lowest BCUT2D eigenvalue weighted by atomic mass is 9.99. The summed E-state index contributed by atoms with van der Waals surface area (Å²) in [6.45, 7) is 2.40. The average molecular weight is 358 g/mol. The van der Waals surface area contributed by atoms with Gasteiger partial charge in [0, 0.05) is 48.0 Å². The minimum atomic E-state index is -0.299. The Labute approximate surface area is 155 Å². The van der Waals surface area contributed by atoms with Crippen LogP contribution in [-0.4, -0.2) is 32.5 Å². The molecule has 0 aliphatic carbocycles. The first kappa shape index (κ1) is 16.7. The van der Waals surface area contributed by atoms with Crippen LogP contribution in [0.1, 0.15) is 6.92 Å². The van der Waals surface area contributed by atoms with Gasteiger partial charge < -0.3 is 10.3 Å². The number of hydrogen-bond donors (Lipinski definition) is 3. The Morgan fingerprint density at radius 1 is 1.04 bits per heavy atom. The molecule has 27 heavy (non-hydrogen) atoms. The van der Waals surface area contributed by atoms with E-state index in [2.05, 4.69) is 36.6 Å². The summed E-state index contributed by atoms with van der Waals surface area (Å²) in [5.41, 5.74) is 5.47. The van der Waals surface area contributed by atoms with Gasteiger partial charge in [-0.2, -0.15) is 0 Å². The van der Waals surface area contributed by atoms with Gasteiger partial charge in [-0.3, -0.25) is 15.3 Å². The van der Waals surface area contributed by atoms with Crippen LogP contribution in [0.5, 0.6) is 0 Å². The standard InChI is InChI=1S/C20H18N6O/c1-2-23-20(27)26-19-24-17-10-15(13-5-3-7-21-11-13)9-16(18(17)25-19)14-6-4-8-22-12-14/h3-12H,2H2,1H3,(H3,23,24,25,26,27). The Kier molecular flexibility index (Phi) is 4.49. The summed E-state index contributed by atoms with van der Waals surface area (Å²) < 4.78 is 0. The molecule has 0 saturated carbocycles. The second kappa shape index (κ2) is 7.25. The number of carbonyl (C=O) groups is 1. The molecule has 0 radical (unpaired) electrons. The Balaban J connectivity index is 1.86. The van der Waals surface area contributed by atoms with Crippen molar-refractivity contribution in [3.05, 3.63) is 61.2 Å². The van der Waals surface area contributed by atoms with Crippen LogP contribution in [0.25, 0.3) is 33.3 Å². The Morgan fingerprint density at radius 2 is 1.78 bits per heavy atom. The number of carbonyl (C=O) groups excluding carboxylic acids is 1. The zero-order valence-corrected chi connectivity index (χ0v) is 14.7. The Bertz CT molecular complexity index is 1080. The van der Waals surface area contributed by atoms with Crippen LogP contribution < -0.4 is 10.6 Å². The van der Waals surface area contributed by atoms with Crippen molar-refractivity contribution < 1.29 is 4.79 Å². The number of pyridine rings is 2. The third kappa shape index (κ3) is 3.48. The molecule has 0 spiro atoms. The molecule has 7 nitrogen and oxygen atoms in total. The van der Waals surface area contributed by atoms with Crippen LogP contribution in [0.3, 0.4) is 0 Å². The quantitative estimate of drug-likeness (QED) is 0.517. The zero-order chi connectivity index (χ0) is 18.6. The maximum absolute atomic E-state index is 11.8. The Hall–Kier alpha value is -3.74. The van der Waals surface area contributed by atoms with Crippen molar-refractivity contribution in [3.63, 3.8) is 0 Å². The SMILES string of the molecule is CCNC(=O)Nc1nc2c(-c3cccnc3)cc(-c3cccnc3)cc2[nH]1. The number of amides is 2. The normalized spacial score (nSPS) is 10.7. The van der Waals surface area contributed by atoms with Gasteiger partial charge in [0.2, 0.25) is 5.95 Å². The molecular weight excluding hydrogens is 340 g/mol. The van der Waals surface area contributed by atoms with Gasteiger partial charge in [-0.25, -0.2) is 9.78 Å². The maximum Gasteiger partial charge on any atom is 0.321 e. The molecule has 1 aromatic carbocycles. The van der Waals surface area contributed by atoms with E-state index in [0.717, 1.165) is 33.3 Å². The second-order valence-electron chi connectivity index (χ2n) is 5.97. The lowest BCUT2D eigenvalue weighted by Crippen LogP contribution is -2.28. The fraction of sp³-hybridized carbons (Fsp3) is 0.100. The van der Waals surface area contributed by atoms with Gasteiger partial charge >= 0.3 is 6.03 Å². The summed E-state index contributed by atoms with van der Waals surface area (Å²) in [6, 6.07) is 11.5. The smallest absolute Gasteiger partial charge is 0.321 e. The predicted molar refractivity (Wildman–Crippen MR) is 105 cm³/mol. The van der Waals surface area contributed by atoms with Crippen molar-refractivity contribution in [2.24, 2.45) is 0 Å². The van der Waals surface area contributed by atoms with E-state index in [1.54, 1.807) is 18.6 Å². The van der Waals surface area contributed by atoms with Crippen LogP contribution in [0.2, 0.25) is 0 Å². The summed E-state index contributed by atoms with van der Waals surface area (Å²) in [5.74, 6) is 0.393. The highest BCUT2D eigenvalue weighted by atomic mass is 16.2. The van der Waals surface area contributed by atoms with E-state index < -0.39 is 0 Å². The average Bonchev–Trinajstić information content (AvgIpc) is 3.11. The van der Waals surface area contributed by atoms with Crippen molar-refractivity contribution in [1.29, 1.82) is 0 Å². The summed E-state index contributed by atoms with van der Waals surface area (Å²) in [4.78, 5) is 28.0. The maximum atomic E-state index is 11.8. The molecule has 0 aliphatic heterocycles. The second-order valence-corrected chi connectivity index (χ2v) is 5.97. The molecule has 4 rings (SSSR count). The van der Waals surface area contributed by atoms with Gasteiger partial charge in [0.05, 0.1) is 11.0 Å². The van der Waals surface area contributed by atoms with Crippen molar-refractivity contribution in [1.82, 2.24) is 25.3 Å². The number of hydrogen-bond acceptors (Lipinski definition) is 4. The number of nitrogens with one attached hydrogen (secondary N) is 3. The van der Waals surface area contributed by atoms with E-state index in [4.69, 9.17) is 0 Å². The number of fused-ring (bicyclic) bond motifs is 1. The van der Waals surface area contributed by atoms with Crippen molar-refractivity contribution in [2.75, 3.05) is 11.9 Å². The van der Waals surface area contributed by atoms with Crippen molar-refractivity contribution in [2.45, 2.75) is 6.92 Å². The largest absolute Gasteiger partial charge is 0.338 e. The number of nitrogens with zero attached hydrogens (tertiary/aromatic N) is 3. The number of H-pyrrole nitrogens is 1. The van der Waals surface area contributed by atoms with E-state index in [0.29, 0.717) is 12.5 Å². The van der Waals surface area contributed by atoms with Crippen LogP contribution in [0.15, 0.2) is 61.2 Å². The molecule has 134 valence electrons. The van der Waals surface area contributed by atoms with Gasteiger partial charge in [-0.15, -0.1) is 0 Å². The first-order valence-corrected chi connectivity index (χ1v) is 8.64. The van der Waals surface area contributed by atoms with E-state index in [-0.39, 0.29) is 6.03 Å². The van der Waals surface area contributed by atoms with E-state index >= 15 is 0 Å². The number of anilines is 1. The van der Waals surface area contributed by atoms with Crippen molar-refractivity contribution >= 4 is 23.0 Å². The van der Waals surface area contributed by atoms with Gasteiger partial charge in [0.1, 0.15) is 0 Å².